The van der Waals surface area contributed by atoms with Crippen LogP contribution in [0.1, 0.15) is 44.1 Å². The predicted octanol–water partition coefficient (Wildman–Crippen LogP) is 6.93. The summed E-state index contributed by atoms with van der Waals surface area (Å²) in [6.07, 6.45) is -4.46. The number of hydrogen-bond acceptors (Lipinski definition) is 4. The highest BCUT2D eigenvalue weighted by molar-refractivity contribution is 5.79. The Morgan fingerprint density at radius 1 is 1.26 bits per heavy atom. The zero-order valence-electron chi connectivity index (χ0n) is 18.8. The zero-order valence-corrected chi connectivity index (χ0v) is 18.8. The fourth-order valence-electron chi connectivity index (χ4n) is 3.71. The molecule has 5 nitrogen and oxygen atoms in total. The molecular weight excluding hydrogens is 481 g/mol. The summed E-state index contributed by atoms with van der Waals surface area (Å²) in [6.45, 7) is 2.41. The van der Waals surface area contributed by atoms with Gasteiger partial charge in [-0.25, -0.2) is 9.37 Å². The topological polar surface area (TPSA) is 52.0 Å². The van der Waals surface area contributed by atoms with Crippen LogP contribution in [0.2, 0.25) is 0 Å². The first-order valence-electron chi connectivity index (χ1n) is 10.7. The van der Waals surface area contributed by atoms with Gasteiger partial charge in [-0.1, -0.05) is 19.1 Å². The first-order valence-corrected chi connectivity index (χ1v) is 10.7. The molecule has 2 aromatic rings. The highest BCUT2D eigenvalue weighted by Crippen LogP contribution is 2.37. The van der Waals surface area contributed by atoms with Crippen molar-refractivity contribution in [1.29, 1.82) is 0 Å². The van der Waals surface area contributed by atoms with Crippen LogP contribution in [0.3, 0.4) is 0 Å². The third-order valence-corrected chi connectivity index (χ3v) is 5.27. The second-order valence-corrected chi connectivity index (χ2v) is 7.63. The van der Waals surface area contributed by atoms with E-state index in [4.69, 9.17) is 0 Å². The number of ether oxygens (including phenoxy) is 1. The molecule has 0 saturated heterocycles. The van der Waals surface area contributed by atoms with Crippen molar-refractivity contribution in [3.05, 3.63) is 65.2 Å². The van der Waals surface area contributed by atoms with Crippen molar-refractivity contribution in [3.63, 3.8) is 0 Å². The van der Waals surface area contributed by atoms with E-state index in [9.17, 15) is 30.7 Å². The molecule has 190 valence electrons. The first-order chi connectivity index (χ1) is 16.5. The lowest BCUT2D eigenvalue weighted by Crippen LogP contribution is -2.19. The van der Waals surface area contributed by atoms with Crippen LogP contribution < -0.4 is 10.1 Å². The second kappa shape index (κ2) is 10.5. The maximum atomic E-state index is 13.7. The van der Waals surface area contributed by atoms with E-state index in [-0.39, 0.29) is 29.1 Å². The molecule has 1 unspecified atom stereocenters. The molecule has 1 atom stereocenters. The summed E-state index contributed by atoms with van der Waals surface area (Å²) in [5, 5.41) is 7.24. The third-order valence-electron chi connectivity index (χ3n) is 5.27. The quantitative estimate of drug-likeness (QED) is 0.313. The number of rotatable bonds is 8. The van der Waals surface area contributed by atoms with E-state index in [1.54, 1.807) is 6.92 Å². The van der Waals surface area contributed by atoms with Crippen LogP contribution in [-0.2, 0) is 6.54 Å². The van der Waals surface area contributed by atoms with E-state index < -0.39 is 36.6 Å². The van der Waals surface area contributed by atoms with Crippen LogP contribution in [0.4, 0.5) is 36.6 Å². The van der Waals surface area contributed by atoms with E-state index in [0.29, 0.717) is 18.7 Å². The fraction of sp³-hybridized carbons (Fsp3) is 0.391. The molecule has 1 aliphatic rings. The molecule has 2 aromatic heterocycles. The maximum Gasteiger partial charge on any atom is 0.573 e. The van der Waals surface area contributed by atoms with Gasteiger partial charge in [0.05, 0.1) is 23.0 Å². The number of hydrogen-bond donors (Lipinski definition) is 1. The van der Waals surface area contributed by atoms with Crippen molar-refractivity contribution < 1.29 is 35.5 Å². The van der Waals surface area contributed by atoms with Gasteiger partial charge in [-0.2, -0.15) is 18.3 Å². The molecule has 3 heterocycles. The maximum absolute atomic E-state index is 13.7. The van der Waals surface area contributed by atoms with Gasteiger partial charge in [-0.05, 0) is 49.6 Å². The van der Waals surface area contributed by atoms with Gasteiger partial charge < -0.3 is 10.1 Å². The Morgan fingerprint density at radius 3 is 2.60 bits per heavy atom. The molecular formula is C23H23F7N4O. The number of anilines is 1. The summed E-state index contributed by atoms with van der Waals surface area (Å²) < 4.78 is 98.0. The Kier molecular flexibility index (Phi) is 7.91. The number of aromatic nitrogens is 3. The molecule has 1 aliphatic heterocycles. The van der Waals surface area contributed by atoms with Crippen LogP contribution in [-0.4, -0.2) is 34.0 Å². The Hall–Kier alpha value is -3.31. The molecule has 0 aromatic carbocycles. The van der Waals surface area contributed by atoms with Crippen molar-refractivity contribution in [2.24, 2.45) is 0 Å². The number of halogens is 7. The minimum atomic E-state index is -4.92. The Balaban J connectivity index is 1.98. The number of pyridine rings is 1. The highest BCUT2D eigenvalue weighted by atomic mass is 19.4. The number of allylic oxidation sites excluding steroid dienone is 6. The Bertz CT molecular complexity index is 1130. The highest BCUT2D eigenvalue weighted by Gasteiger charge is 2.35. The molecule has 0 aliphatic carbocycles. The second-order valence-electron chi connectivity index (χ2n) is 7.63. The number of aryl methyl sites for hydroxylation is 1. The van der Waals surface area contributed by atoms with Gasteiger partial charge in [-0.15, -0.1) is 13.2 Å². The van der Waals surface area contributed by atoms with Crippen molar-refractivity contribution in [2.45, 2.75) is 51.8 Å². The lowest BCUT2D eigenvalue weighted by Gasteiger charge is -2.17. The summed E-state index contributed by atoms with van der Waals surface area (Å²) in [5.74, 6) is -0.670. The summed E-state index contributed by atoms with van der Waals surface area (Å²) >= 11 is 0. The smallest absolute Gasteiger partial charge is 0.402 e. The Labute approximate surface area is 197 Å². The van der Waals surface area contributed by atoms with Crippen molar-refractivity contribution in [1.82, 2.24) is 14.8 Å². The molecule has 0 bridgehead atoms. The minimum absolute atomic E-state index is 0.0217. The number of nitrogens with zero attached hydrogens (tertiary/aromatic N) is 3. The van der Waals surface area contributed by atoms with Crippen LogP contribution in [0.15, 0.2) is 53.8 Å². The van der Waals surface area contributed by atoms with Gasteiger partial charge in [-0.3, -0.25) is 4.68 Å². The largest absolute Gasteiger partial charge is 0.573 e. The van der Waals surface area contributed by atoms with Gasteiger partial charge in [0.1, 0.15) is 6.67 Å². The van der Waals surface area contributed by atoms with E-state index in [1.807, 2.05) is 0 Å². The molecule has 0 radical (unpaired) electrons. The summed E-state index contributed by atoms with van der Waals surface area (Å²) in [5.41, 5.74) is -0.282. The van der Waals surface area contributed by atoms with Gasteiger partial charge in [0.25, 0.3) is 0 Å². The fourth-order valence-corrected chi connectivity index (χ4v) is 3.71. The van der Waals surface area contributed by atoms with Crippen molar-refractivity contribution in [3.8, 4) is 5.75 Å². The molecule has 3 rings (SSSR count). The molecule has 0 saturated carbocycles. The van der Waals surface area contributed by atoms with E-state index in [2.05, 4.69) is 20.1 Å². The zero-order chi connectivity index (χ0) is 25.8. The molecule has 35 heavy (non-hydrogen) atoms. The molecule has 0 amide bonds. The lowest BCUT2D eigenvalue weighted by molar-refractivity contribution is -0.274. The monoisotopic (exact) mass is 504 g/mol. The Morgan fingerprint density at radius 2 is 2.00 bits per heavy atom. The van der Waals surface area contributed by atoms with E-state index >= 15 is 0 Å². The lowest BCUT2D eigenvalue weighted by atomic mass is 9.99. The normalized spacial score (nSPS) is 17.5. The van der Waals surface area contributed by atoms with Crippen LogP contribution in [0.25, 0.3) is 5.57 Å². The van der Waals surface area contributed by atoms with E-state index in [0.717, 1.165) is 18.2 Å². The summed E-state index contributed by atoms with van der Waals surface area (Å²) in [6, 6.07) is 3.36. The predicted molar refractivity (Wildman–Crippen MR) is 116 cm³/mol. The molecule has 1 N–H and O–H groups in total. The van der Waals surface area contributed by atoms with Crippen molar-refractivity contribution >= 4 is 11.4 Å². The molecule has 12 heteroatoms. The number of nitrogens with one attached hydrogen (secondary N) is 1. The average Bonchev–Trinajstić information content (AvgIpc) is 3.34. The van der Waals surface area contributed by atoms with Crippen molar-refractivity contribution in [2.75, 3.05) is 12.0 Å². The summed E-state index contributed by atoms with van der Waals surface area (Å²) in [4.78, 5) is 3.91. The third kappa shape index (κ3) is 6.43. The minimum Gasteiger partial charge on any atom is -0.402 e. The molecule has 0 spiro atoms. The van der Waals surface area contributed by atoms with Gasteiger partial charge >= 0.3 is 12.5 Å². The number of fused-ring (bicyclic) bond motifs is 1. The SMILES string of the molecule is C\C=C(CF)/C(=C\C(=C\CC)C(F)(F)F)c1cc2n(n1)CCC2Nc1ncccc1OC(F)(F)F. The number of alkyl halides is 7. The standard InChI is InChI=1S/C23H23F7N4O/c1-3-6-15(22(25,26)27)11-16(14(4-2)13-24)18-12-19-17(8-10-34(19)33-18)32-21-20(7-5-9-31-21)35-23(28,29)30/h4-7,9,11-12,17H,3,8,10,13H2,1-2H3,(H,31,32)/b14-4-,15-6-,16-11+. The van der Waals surface area contributed by atoms with Crippen LogP contribution in [0.5, 0.6) is 5.75 Å². The van der Waals surface area contributed by atoms with Gasteiger partial charge in [0.15, 0.2) is 11.6 Å². The van der Waals surface area contributed by atoms with Crippen LogP contribution >= 0.6 is 0 Å². The summed E-state index contributed by atoms with van der Waals surface area (Å²) in [7, 11) is 0. The average molecular weight is 504 g/mol. The van der Waals surface area contributed by atoms with E-state index in [1.165, 1.54) is 36.0 Å². The molecule has 0 fully saturated rings. The first kappa shape index (κ1) is 26.3. The van der Waals surface area contributed by atoms with Crippen LogP contribution in [0, 0.1) is 0 Å². The van der Waals surface area contributed by atoms with Gasteiger partial charge in [0.2, 0.25) is 0 Å². The van der Waals surface area contributed by atoms with Gasteiger partial charge in [0, 0.05) is 18.3 Å².